The zero-order chi connectivity index (χ0) is 19.8. The molecule has 0 bridgehead atoms. The maximum Gasteiger partial charge on any atom is 0.189 e. The van der Waals surface area contributed by atoms with Crippen LogP contribution >= 0.6 is 0 Å². The van der Waals surface area contributed by atoms with Crippen LogP contribution in [0.25, 0.3) is 28.2 Å². The van der Waals surface area contributed by atoms with Crippen LogP contribution in [0.2, 0.25) is 0 Å². The molecule has 0 aliphatic carbocycles. The van der Waals surface area contributed by atoms with E-state index in [9.17, 15) is 0 Å². The van der Waals surface area contributed by atoms with Crippen LogP contribution in [0.5, 0.6) is 0 Å². The lowest BCUT2D eigenvalue weighted by atomic mass is 10.1. The zero-order valence-electron chi connectivity index (χ0n) is 16.1. The van der Waals surface area contributed by atoms with Crippen molar-refractivity contribution < 1.29 is 0 Å². The summed E-state index contributed by atoms with van der Waals surface area (Å²) in [6.45, 7) is 2.05. The number of piperidine rings is 1. The first kappa shape index (κ1) is 17.6. The van der Waals surface area contributed by atoms with Gasteiger partial charge in [0.05, 0.1) is 17.8 Å². The minimum absolute atomic E-state index is 0.380. The van der Waals surface area contributed by atoms with Gasteiger partial charge in [-0.15, -0.1) is 15.3 Å². The average molecular weight is 390 g/mol. The third-order valence-electron chi connectivity index (χ3n) is 5.30. The Balaban J connectivity index is 1.54. The number of nitrogens with one attached hydrogen (secondary N) is 2. The van der Waals surface area contributed by atoms with E-state index in [4.69, 9.17) is 5.73 Å². The lowest BCUT2D eigenvalue weighted by molar-refractivity contribution is 0.343. The van der Waals surface area contributed by atoms with E-state index in [0.29, 0.717) is 34.7 Å². The second-order valence-electron chi connectivity index (χ2n) is 7.11. The van der Waals surface area contributed by atoms with Gasteiger partial charge in [-0.3, -0.25) is 4.68 Å². The lowest BCUT2D eigenvalue weighted by Gasteiger charge is -2.22. The molecule has 5 rings (SSSR count). The summed E-state index contributed by atoms with van der Waals surface area (Å²) >= 11 is 0. The van der Waals surface area contributed by atoms with Gasteiger partial charge in [0.2, 0.25) is 0 Å². The molecule has 10 nitrogen and oxygen atoms in total. The fourth-order valence-corrected chi connectivity index (χ4v) is 3.66. The minimum Gasteiger partial charge on any atom is -0.383 e. The molecule has 4 aromatic heterocycles. The van der Waals surface area contributed by atoms with Gasteiger partial charge in [-0.25, -0.2) is 4.98 Å². The standard InChI is InChI=1S/C19H22N10/c1-21-16-2-3-17-25-26-19(29(17)27-16)15-8-12(9-23-18(15)20)13-10-24-28(11-13)14-4-6-22-7-5-14/h2-3,8-11,14,22H,4-7H2,1H3,(H2,20,23)(H,21,27). The molecule has 5 heterocycles. The van der Waals surface area contributed by atoms with Crippen LogP contribution in [0, 0.1) is 0 Å². The third kappa shape index (κ3) is 3.17. The summed E-state index contributed by atoms with van der Waals surface area (Å²) in [7, 11) is 1.81. The third-order valence-corrected chi connectivity index (χ3v) is 5.30. The molecule has 0 atom stereocenters. The second kappa shape index (κ2) is 7.13. The predicted molar refractivity (Wildman–Crippen MR) is 110 cm³/mol. The zero-order valence-corrected chi connectivity index (χ0v) is 16.1. The maximum atomic E-state index is 6.18. The molecule has 148 valence electrons. The van der Waals surface area contributed by atoms with Crippen LogP contribution in [-0.2, 0) is 0 Å². The van der Waals surface area contributed by atoms with Crippen LogP contribution in [0.15, 0.2) is 36.8 Å². The largest absolute Gasteiger partial charge is 0.383 e. The van der Waals surface area contributed by atoms with Crippen molar-refractivity contribution >= 4 is 17.3 Å². The molecule has 4 aromatic rings. The number of fused-ring (bicyclic) bond motifs is 1. The van der Waals surface area contributed by atoms with Crippen molar-refractivity contribution in [1.82, 2.24) is 39.9 Å². The van der Waals surface area contributed by atoms with Crippen LogP contribution in [0.4, 0.5) is 11.6 Å². The second-order valence-corrected chi connectivity index (χ2v) is 7.11. The Labute approximate surface area is 167 Å². The number of hydrogen-bond donors (Lipinski definition) is 3. The summed E-state index contributed by atoms with van der Waals surface area (Å²) in [4.78, 5) is 4.39. The quantitative estimate of drug-likeness (QED) is 0.480. The van der Waals surface area contributed by atoms with Gasteiger partial charge >= 0.3 is 0 Å². The molecule has 4 N–H and O–H groups in total. The Bertz CT molecular complexity index is 1150. The number of nitrogens with two attached hydrogens (primary N) is 1. The number of nitrogen functional groups attached to an aromatic ring is 1. The van der Waals surface area contributed by atoms with Gasteiger partial charge in [0.1, 0.15) is 11.6 Å². The van der Waals surface area contributed by atoms with E-state index in [-0.39, 0.29) is 0 Å². The van der Waals surface area contributed by atoms with Crippen molar-refractivity contribution in [2.45, 2.75) is 18.9 Å². The predicted octanol–water partition coefficient (Wildman–Crippen LogP) is 1.60. The van der Waals surface area contributed by atoms with Crippen molar-refractivity contribution in [2.24, 2.45) is 0 Å². The Morgan fingerprint density at radius 3 is 2.83 bits per heavy atom. The molecule has 29 heavy (non-hydrogen) atoms. The highest BCUT2D eigenvalue weighted by atomic mass is 15.4. The van der Waals surface area contributed by atoms with Crippen LogP contribution < -0.4 is 16.4 Å². The van der Waals surface area contributed by atoms with E-state index in [1.807, 2.05) is 31.4 Å². The minimum atomic E-state index is 0.380. The molecule has 0 radical (unpaired) electrons. The van der Waals surface area contributed by atoms with Gasteiger partial charge in [0.15, 0.2) is 11.5 Å². The summed E-state index contributed by atoms with van der Waals surface area (Å²) < 4.78 is 3.72. The van der Waals surface area contributed by atoms with E-state index in [2.05, 4.69) is 46.9 Å². The Hall–Kier alpha value is -3.53. The first-order valence-corrected chi connectivity index (χ1v) is 9.64. The van der Waals surface area contributed by atoms with Crippen LogP contribution in [-0.4, -0.2) is 54.7 Å². The topological polar surface area (TPSA) is 124 Å². The van der Waals surface area contributed by atoms with Crippen molar-refractivity contribution in [3.8, 4) is 22.5 Å². The molecule has 0 unspecified atom stereocenters. The van der Waals surface area contributed by atoms with Gasteiger partial charge in [0.25, 0.3) is 0 Å². The van der Waals surface area contributed by atoms with Crippen LogP contribution in [0.3, 0.4) is 0 Å². The number of pyridine rings is 1. The summed E-state index contributed by atoms with van der Waals surface area (Å²) in [5, 5.41) is 24.0. The Morgan fingerprint density at radius 2 is 2.00 bits per heavy atom. The highest BCUT2D eigenvalue weighted by Crippen LogP contribution is 2.29. The SMILES string of the molecule is CNc1ccc2nnc(-c3cc(-c4cnn(C5CCNCC5)c4)cnc3N)n2n1. The highest BCUT2D eigenvalue weighted by Gasteiger charge is 2.18. The van der Waals surface area contributed by atoms with E-state index in [0.717, 1.165) is 37.1 Å². The molecule has 10 heteroatoms. The van der Waals surface area contributed by atoms with Crippen molar-refractivity contribution in [3.05, 3.63) is 36.8 Å². The fourth-order valence-electron chi connectivity index (χ4n) is 3.66. The molecule has 0 spiro atoms. The van der Waals surface area contributed by atoms with Gasteiger partial charge in [-0.2, -0.15) is 9.61 Å². The van der Waals surface area contributed by atoms with Gasteiger partial charge < -0.3 is 16.4 Å². The number of hydrogen-bond acceptors (Lipinski definition) is 8. The molecule has 0 aromatic carbocycles. The molecule has 1 fully saturated rings. The lowest BCUT2D eigenvalue weighted by Crippen LogP contribution is -2.29. The number of rotatable bonds is 4. The van der Waals surface area contributed by atoms with E-state index < -0.39 is 0 Å². The number of anilines is 2. The molecular formula is C19H22N10. The summed E-state index contributed by atoms with van der Waals surface area (Å²) in [6.07, 6.45) is 7.87. The molecular weight excluding hydrogens is 368 g/mol. The first-order chi connectivity index (χ1) is 14.2. The van der Waals surface area contributed by atoms with Crippen molar-refractivity contribution in [2.75, 3.05) is 31.2 Å². The van der Waals surface area contributed by atoms with Gasteiger partial charge in [-0.05, 0) is 44.1 Å². The van der Waals surface area contributed by atoms with Gasteiger partial charge in [-0.1, -0.05) is 0 Å². The van der Waals surface area contributed by atoms with Crippen molar-refractivity contribution in [3.63, 3.8) is 0 Å². The van der Waals surface area contributed by atoms with Crippen LogP contribution in [0.1, 0.15) is 18.9 Å². The smallest absolute Gasteiger partial charge is 0.189 e. The number of aromatic nitrogens is 7. The number of nitrogens with zero attached hydrogens (tertiary/aromatic N) is 7. The first-order valence-electron chi connectivity index (χ1n) is 9.64. The van der Waals surface area contributed by atoms with E-state index >= 15 is 0 Å². The molecule has 1 aliphatic rings. The molecule has 1 aliphatic heterocycles. The fraction of sp³-hybridized carbons (Fsp3) is 0.316. The molecule has 0 saturated carbocycles. The van der Waals surface area contributed by atoms with E-state index in [1.54, 1.807) is 10.7 Å². The normalized spacial score (nSPS) is 15.1. The summed E-state index contributed by atoms with van der Waals surface area (Å²) in [5.41, 5.74) is 9.43. The van der Waals surface area contributed by atoms with Gasteiger partial charge in [0, 0.05) is 30.6 Å². The monoisotopic (exact) mass is 390 g/mol. The summed E-state index contributed by atoms with van der Waals surface area (Å²) in [5.74, 6) is 1.64. The maximum absolute atomic E-state index is 6.18. The molecule has 0 amide bonds. The van der Waals surface area contributed by atoms with E-state index in [1.165, 1.54) is 0 Å². The Morgan fingerprint density at radius 1 is 1.14 bits per heavy atom. The Kier molecular flexibility index (Phi) is 4.32. The summed E-state index contributed by atoms with van der Waals surface area (Å²) in [6, 6.07) is 6.10. The van der Waals surface area contributed by atoms with Crippen molar-refractivity contribution in [1.29, 1.82) is 0 Å². The highest BCUT2D eigenvalue weighted by molar-refractivity contribution is 5.76. The molecule has 1 saturated heterocycles. The average Bonchev–Trinajstić information content (AvgIpc) is 3.42.